The van der Waals surface area contributed by atoms with Gasteiger partial charge in [0.05, 0.1) is 12.5 Å². The van der Waals surface area contributed by atoms with Crippen LogP contribution in [0.1, 0.15) is 29.9 Å². The Kier molecular flexibility index (Phi) is 5.21. The van der Waals surface area contributed by atoms with Gasteiger partial charge in [-0.2, -0.15) is 0 Å². The maximum atomic E-state index is 12.6. The lowest BCUT2D eigenvalue weighted by Crippen LogP contribution is -2.40. The van der Waals surface area contributed by atoms with Gasteiger partial charge in [0, 0.05) is 18.4 Å². The summed E-state index contributed by atoms with van der Waals surface area (Å²) in [5.41, 5.74) is 1.92. The summed E-state index contributed by atoms with van der Waals surface area (Å²) < 4.78 is 0. The van der Waals surface area contributed by atoms with Crippen molar-refractivity contribution < 1.29 is 9.59 Å². The third kappa shape index (κ3) is 4.65. The fraction of sp³-hybridized carbons (Fsp3) is 0.316. The van der Waals surface area contributed by atoms with Gasteiger partial charge < -0.3 is 10.6 Å². The van der Waals surface area contributed by atoms with Crippen LogP contribution in [-0.2, 0) is 16.0 Å². The molecule has 5 heteroatoms. The van der Waals surface area contributed by atoms with Gasteiger partial charge >= 0.3 is 0 Å². The molecule has 1 aromatic heterocycles. The van der Waals surface area contributed by atoms with Gasteiger partial charge in [0.25, 0.3) is 0 Å². The maximum absolute atomic E-state index is 12.6. The van der Waals surface area contributed by atoms with Crippen molar-refractivity contribution in [2.75, 3.05) is 6.54 Å². The molecule has 124 valence electrons. The van der Waals surface area contributed by atoms with Crippen LogP contribution in [0.2, 0.25) is 0 Å². The minimum atomic E-state index is -0.343. The molecule has 0 saturated heterocycles. The topological polar surface area (TPSA) is 71.1 Å². The quantitative estimate of drug-likeness (QED) is 0.816. The van der Waals surface area contributed by atoms with Crippen LogP contribution in [-0.4, -0.2) is 29.4 Å². The van der Waals surface area contributed by atoms with Gasteiger partial charge in [-0.15, -0.1) is 0 Å². The molecular weight excluding hydrogens is 302 g/mol. The number of carbonyl (C=O) groups is 2. The molecule has 1 aliphatic carbocycles. The Balaban J connectivity index is 1.66. The molecule has 1 unspecified atom stereocenters. The Hall–Kier alpha value is -2.69. The van der Waals surface area contributed by atoms with E-state index >= 15 is 0 Å². The maximum Gasteiger partial charge on any atom is 0.239 e. The number of carbonyl (C=O) groups excluding carboxylic acids is 2. The van der Waals surface area contributed by atoms with Crippen LogP contribution in [0.15, 0.2) is 54.9 Å². The minimum Gasteiger partial charge on any atom is -0.352 e. The lowest BCUT2D eigenvalue weighted by atomic mass is 9.92. The van der Waals surface area contributed by atoms with Crippen molar-refractivity contribution in [2.24, 2.45) is 0 Å². The van der Waals surface area contributed by atoms with Gasteiger partial charge in [0.1, 0.15) is 0 Å². The standard InChI is InChI=1S/C19H21N3O2/c23-18(22-16-8-9-16)13-21-19(24)17(15-6-2-1-3-7-15)11-14-5-4-10-20-12-14/h1-7,10,12,16-17H,8-9,11,13H2,(H,21,24)(H,22,23). The summed E-state index contributed by atoms with van der Waals surface area (Å²) >= 11 is 0. The Labute approximate surface area is 141 Å². The number of rotatable bonds is 7. The summed E-state index contributed by atoms with van der Waals surface area (Å²) in [6.07, 6.45) is 6.10. The summed E-state index contributed by atoms with van der Waals surface area (Å²) in [5.74, 6) is -0.612. The zero-order valence-electron chi connectivity index (χ0n) is 13.4. The molecule has 2 aromatic rings. The molecule has 1 heterocycles. The van der Waals surface area contributed by atoms with Crippen LogP contribution in [0, 0.1) is 0 Å². The first-order chi connectivity index (χ1) is 11.7. The molecule has 0 spiro atoms. The van der Waals surface area contributed by atoms with Crippen molar-refractivity contribution in [1.29, 1.82) is 0 Å². The van der Waals surface area contributed by atoms with Gasteiger partial charge in [-0.25, -0.2) is 0 Å². The van der Waals surface area contributed by atoms with Gasteiger partial charge in [0.2, 0.25) is 11.8 Å². The smallest absolute Gasteiger partial charge is 0.239 e. The van der Waals surface area contributed by atoms with E-state index in [9.17, 15) is 9.59 Å². The first kappa shape index (κ1) is 16.2. The third-order valence-electron chi connectivity index (χ3n) is 4.05. The summed E-state index contributed by atoms with van der Waals surface area (Å²) in [7, 11) is 0. The number of nitrogens with zero attached hydrogens (tertiary/aromatic N) is 1. The highest BCUT2D eigenvalue weighted by molar-refractivity contribution is 5.88. The Morgan fingerprint density at radius 3 is 2.58 bits per heavy atom. The zero-order chi connectivity index (χ0) is 16.8. The van der Waals surface area contributed by atoms with Crippen LogP contribution in [0.3, 0.4) is 0 Å². The van der Waals surface area contributed by atoms with E-state index in [2.05, 4.69) is 15.6 Å². The Morgan fingerprint density at radius 2 is 1.92 bits per heavy atom. The van der Waals surface area contributed by atoms with Crippen molar-refractivity contribution in [3.05, 3.63) is 66.0 Å². The average molecular weight is 323 g/mol. The third-order valence-corrected chi connectivity index (χ3v) is 4.05. The molecule has 24 heavy (non-hydrogen) atoms. The van der Waals surface area contributed by atoms with E-state index in [1.165, 1.54) is 0 Å². The second-order valence-corrected chi connectivity index (χ2v) is 6.09. The zero-order valence-corrected chi connectivity index (χ0v) is 13.4. The van der Waals surface area contributed by atoms with E-state index in [0.717, 1.165) is 24.0 Å². The molecule has 2 N–H and O–H groups in total. The lowest BCUT2D eigenvalue weighted by molar-refractivity contribution is -0.127. The molecule has 1 aromatic carbocycles. The highest BCUT2D eigenvalue weighted by atomic mass is 16.2. The van der Waals surface area contributed by atoms with E-state index in [1.807, 2.05) is 42.5 Å². The normalized spacial score (nSPS) is 14.7. The molecule has 5 nitrogen and oxygen atoms in total. The second-order valence-electron chi connectivity index (χ2n) is 6.09. The fourth-order valence-corrected chi connectivity index (χ4v) is 2.60. The van der Waals surface area contributed by atoms with Gasteiger partial charge in [-0.1, -0.05) is 36.4 Å². The largest absolute Gasteiger partial charge is 0.352 e. The number of amides is 2. The van der Waals surface area contributed by atoms with E-state index in [0.29, 0.717) is 12.5 Å². The molecule has 1 atom stereocenters. The number of aromatic nitrogens is 1. The van der Waals surface area contributed by atoms with Gasteiger partial charge in [0.15, 0.2) is 0 Å². The van der Waals surface area contributed by atoms with Crippen LogP contribution in [0.4, 0.5) is 0 Å². The SMILES string of the molecule is O=C(CNC(=O)C(Cc1cccnc1)c1ccccc1)NC1CC1. The van der Waals surface area contributed by atoms with Crippen molar-refractivity contribution >= 4 is 11.8 Å². The molecule has 0 bridgehead atoms. The number of pyridine rings is 1. The Bertz CT molecular complexity index is 684. The summed E-state index contributed by atoms with van der Waals surface area (Å²) in [6.45, 7) is 0.0196. The lowest BCUT2D eigenvalue weighted by Gasteiger charge is -2.17. The highest BCUT2D eigenvalue weighted by Crippen LogP contribution is 2.21. The number of hydrogen-bond donors (Lipinski definition) is 2. The summed E-state index contributed by atoms with van der Waals surface area (Å²) in [6, 6.07) is 13.7. The monoisotopic (exact) mass is 323 g/mol. The summed E-state index contributed by atoms with van der Waals surface area (Å²) in [4.78, 5) is 28.5. The molecule has 1 aliphatic rings. The minimum absolute atomic E-state index is 0.0196. The van der Waals surface area contributed by atoms with E-state index in [-0.39, 0.29) is 24.3 Å². The predicted molar refractivity (Wildman–Crippen MR) is 91.3 cm³/mol. The second kappa shape index (κ2) is 7.73. The highest BCUT2D eigenvalue weighted by Gasteiger charge is 2.25. The molecule has 3 rings (SSSR count). The van der Waals surface area contributed by atoms with Crippen molar-refractivity contribution in [1.82, 2.24) is 15.6 Å². The van der Waals surface area contributed by atoms with Crippen molar-refractivity contribution in [3.63, 3.8) is 0 Å². The van der Waals surface area contributed by atoms with Crippen LogP contribution < -0.4 is 10.6 Å². The molecular formula is C19H21N3O2. The first-order valence-corrected chi connectivity index (χ1v) is 8.23. The molecule has 0 aliphatic heterocycles. The van der Waals surface area contributed by atoms with Gasteiger partial charge in [-0.3, -0.25) is 14.6 Å². The summed E-state index contributed by atoms with van der Waals surface area (Å²) in [5, 5.41) is 5.64. The van der Waals surface area contributed by atoms with Crippen LogP contribution >= 0.6 is 0 Å². The number of hydrogen-bond acceptors (Lipinski definition) is 3. The molecule has 0 radical (unpaired) electrons. The molecule has 2 amide bonds. The first-order valence-electron chi connectivity index (χ1n) is 8.23. The van der Waals surface area contributed by atoms with E-state index in [4.69, 9.17) is 0 Å². The van der Waals surface area contributed by atoms with Crippen LogP contribution in [0.5, 0.6) is 0 Å². The Morgan fingerprint density at radius 1 is 1.12 bits per heavy atom. The predicted octanol–water partition coefficient (Wildman–Crippen LogP) is 1.80. The van der Waals surface area contributed by atoms with Crippen molar-refractivity contribution in [2.45, 2.75) is 31.2 Å². The van der Waals surface area contributed by atoms with Crippen LogP contribution in [0.25, 0.3) is 0 Å². The fourth-order valence-electron chi connectivity index (χ4n) is 2.60. The number of nitrogens with one attached hydrogen (secondary N) is 2. The average Bonchev–Trinajstić information content (AvgIpc) is 3.43. The van der Waals surface area contributed by atoms with E-state index in [1.54, 1.807) is 12.4 Å². The number of benzene rings is 1. The molecule has 1 saturated carbocycles. The van der Waals surface area contributed by atoms with E-state index < -0.39 is 0 Å². The van der Waals surface area contributed by atoms with Gasteiger partial charge in [-0.05, 0) is 36.5 Å². The van der Waals surface area contributed by atoms with Crippen molar-refractivity contribution in [3.8, 4) is 0 Å². The molecule has 1 fully saturated rings.